The van der Waals surface area contributed by atoms with Gasteiger partial charge in [0, 0.05) is 88.6 Å². The fraction of sp³-hybridized carbons (Fsp3) is 0.517. The minimum atomic E-state index is -0.102. The maximum atomic E-state index is 12.6. The topological polar surface area (TPSA) is 160 Å². The minimum Gasteiger partial charge on any atom is -0.383 e. The first kappa shape index (κ1) is 29.4. The maximum Gasteiger partial charge on any atom is 0.223 e. The Hall–Kier alpha value is -4.10. The number of pyridine rings is 1. The van der Waals surface area contributed by atoms with Crippen molar-refractivity contribution in [3.8, 4) is 11.3 Å². The number of fused-ring (bicyclic) bond motifs is 2. The number of carbonyl (C=O) groups excluding carboxylic acids is 2. The van der Waals surface area contributed by atoms with E-state index in [-0.39, 0.29) is 24.7 Å². The molecule has 1 saturated heterocycles. The number of nitrogens with zero attached hydrogens (tertiary/aromatic N) is 7. The van der Waals surface area contributed by atoms with Gasteiger partial charge in [-0.25, -0.2) is 19.6 Å². The second-order valence-electron chi connectivity index (χ2n) is 10.6. The first-order chi connectivity index (χ1) is 20.5. The molecule has 0 radical (unpaired) electrons. The van der Waals surface area contributed by atoms with Crippen molar-refractivity contribution in [2.24, 2.45) is 0 Å². The molecule has 0 saturated carbocycles. The summed E-state index contributed by atoms with van der Waals surface area (Å²) >= 11 is 0. The fourth-order valence-electron chi connectivity index (χ4n) is 5.20. The van der Waals surface area contributed by atoms with E-state index in [1.165, 1.54) is 6.33 Å². The molecular formula is C29H40N10O3. The van der Waals surface area contributed by atoms with Gasteiger partial charge in [0.25, 0.3) is 0 Å². The van der Waals surface area contributed by atoms with Crippen LogP contribution in [0.15, 0.2) is 30.9 Å². The van der Waals surface area contributed by atoms with Crippen LogP contribution in [-0.2, 0) is 20.9 Å². The number of H-pyrrole nitrogens is 1. The highest BCUT2D eigenvalue weighted by molar-refractivity contribution is 5.99. The van der Waals surface area contributed by atoms with Gasteiger partial charge in [-0.1, -0.05) is 6.92 Å². The van der Waals surface area contributed by atoms with E-state index in [9.17, 15) is 9.59 Å². The number of hydrogen-bond donors (Lipinski definition) is 3. The second-order valence-corrected chi connectivity index (χ2v) is 10.6. The molecule has 0 bridgehead atoms. The van der Waals surface area contributed by atoms with Crippen LogP contribution in [0.25, 0.3) is 33.3 Å². The highest BCUT2D eigenvalue weighted by atomic mass is 16.5. The van der Waals surface area contributed by atoms with Crippen molar-refractivity contribution in [3.05, 3.63) is 30.9 Å². The molecule has 4 aromatic rings. The quantitative estimate of drug-likeness (QED) is 0.191. The summed E-state index contributed by atoms with van der Waals surface area (Å²) in [4.78, 5) is 45.3. The summed E-state index contributed by atoms with van der Waals surface area (Å²) in [6, 6.07) is 3.98. The Labute approximate surface area is 244 Å². The molecule has 0 spiro atoms. The van der Waals surface area contributed by atoms with Crippen LogP contribution in [-0.4, -0.2) is 104 Å². The molecule has 5 rings (SSSR count). The Bertz CT molecular complexity index is 1490. The first-order valence-electron chi connectivity index (χ1n) is 14.8. The number of nitrogen functional groups attached to an aromatic ring is 1. The number of unbranched alkanes of at least 4 members (excludes halogenated alkanes) is 1. The number of anilines is 1. The molecule has 4 N–H and O–H groups in total. The normalized spacial score (nSPS) is 14.2. The van der Waals surface area contributed by atoms with E-state index in [0.717, 1.165) is 68.7 Å². The second kappa shape index (κ2) is 14.2. The number of aryl methyl sites for hydroxylation is 1. The lowest BCUT2D eigenvalue weighted by molar-refractivity contribution is -0.135. The van der Waals surface area contributed by atoms with Gasteiger partial charge in [-0.2, -0.15) is 5.10 Å². The Morgan fingerprint density at radius 3 is 2.76 bits per heavy atom. The summed E-state index contributed by atoms with van der Waals surface area (Å²) < 4.78 is 7.40. The van der Waals surface area contributed by atoms with Crippen molar-refractivity contribution in [2.45, 2.75) is 45.6 Å². The maximum absolute atomic E-state index is 12.6. The summed E-state index contributed by atoms with van der Waals surface area (Å²) in [5, 5.41) is 9.43. The fourth-order valence-corrected chi connectivity index (χ4v) is 5.20. The molecule has 0 atom stereocenters. The van der Waals surface area contributed by atoms with Crippen LogP contribution in [0.4, 0.5) is 5.82 Å². The molecule has 5 heterocycles. The molecule has 0 aliphatic carbocycles. The number of aromatic amines is 1. The van der Waals surface area contributed by atoms with Gasteiger partial charge >= 0.3 is 0 Å². The zero-order chi connectivity index (χ0) is 29.3. The van der Waals surface area contributed by atoms with E-state index >= 15 is 0 Å². The number of nitrogens with one attached hydrogen (secondary N) is 2. The molecule has 2 amide bonds. The number of rotatable bonds is 14. The van der Waals surface area contributed by atoms with Gasteiger partial charge in [0.2, 0.25) is 11.8 Å². The third-order valence-corrected chi connectivity index (χ3v) is 7.54. The third-order valence-electron chi connectivity index (χ3n) is 7.54. The zero-order valence-corrected chi connectivity index (χ0v) is 24.2. The number of ether oxygens (including phenoxy) is 1. The number of amides is 2. The van der Waals surface area contributed by atoms with Crippen molar-refractivity contribution in [1.29, 1.82) is 0 Å². The summed E-state index contributed by atoms with van der Waals surface area (Å²) in [5.41, 5.74) is 9.23. The van der Waals surface area contributed by atoms with Gasteiger partial charge in [-0.05, 0) is 31.4 Å². The van der Waals surface area contributed by atoms with Gasteiger partial charge < -0.3 is 25.7 Å². The van der Waals surface area contributed by atoms with E-state index in [2.05, 4.69) is 37.1 Å². The van der Waals surface area contributed by atoms with Crippen LogP contribution in [0.1, 0.15) is 39.0 Å². The molecule has 0 aromatic carbocycles. The third kappa shape index (κ3) is 7.21. The van der Waals surface area contributed by atoms with Crippen LogP contribution in [0.2, 0.25) is 0 Å². The molecule has 1 aliphatic rings. The van der Waals surface area contributed by atoms with Crippen molar-refractivity contribution >= 4 is 39.7 Å². The predicted molar refractivity (Wildman–Crippen MR) is 160 cm³/mol. The molecular weight excluding hydrogens is 536 g/mol. The highest BCUT2D eigenvalue weighted by Gasteiger charge is 2.21. The smallest absolute Gasteiger partial charge is 0.223 e. The van der Waals surface area contributed by atoms with Crippen LogP contribution in [0, 0.1) is 0 Å². The van der Waals surface area contributed by atoms with Crippen LogP contribution in [0.5, 0.6) is 0 Å². The first-order valence-corrected chi connectivity index (χ1v) is 14.8. The standard InChI is InChI=1S/C29H40N10O3/c1-2-16-42-17-15-37-11-13-38(14-12-37)24(41)6-5-23(40)31-8-3-4-10-39-29-25(27(30)34-20-35-29)26(36-39)22-18-21-7-9-32-28(21)33-19-22/h7,9,18-20H,2-6,8,10-17H2,1H3,(H,31,40)(H,32,33)(H2,30,34,35). The summed E-state index contributed by atoms with van der Waals surface area (Å²) in [7, 11) is 0. The van der Waals surface area contributed by atoms with Crippen molar-refractivity contribution in [1.82, 2.24) is 44.8 Å². The molecule has 42 heavy (non-hydrogen) atoms. The zero-order valence-electron chi connectivity index (χ0n) is 24.2. The molecule has 224 valence electrons. The van der Waals surface area contributed by atoms with Gasteiger partial charge in [0.1, 0.15) is 23.5 Å². The summed E-state index contributed by atoms with van der Waals surface area (Å²) in [5.74, 6) is 0.312. The molecule has 1 fully saturated rings. The molecule has 4 aromatic heterocycles. The monoisotopic (exact) mass is 576 g/mol. The van der Waals surface area contributed by atoms with Gasteiger partial charge in [-0.3, -0.25) is 14.5 Å². The van der Waals surface area contributed by atoms with E-state index in [4.69, 9.17) is 15.6 Å². The molecule has 13 heteroatoms. The number of aromatic nitrogens is 6. The largest absolute Gasteiger partial charge is 0.383 e. The van der Waals surface area contributed by atoms with Gasteiger partial charge in [-0.15, -0.1) is 0 Å². The van der Waals surface area contributed by atoms with E-state index in [1.807, 2.05) is 27.9 Å². The highest BCUT2D eigenvalue weighted by Crippen LogP contribution is 2.31. The SMILES string of the molecule is CCCOCCN1CCN(C(=O)CCC(=O)NCCCCn2nc(-c3cnc4[nH]ccc4c3)c3c(N)ncnc32)CC1. The van der Waals surface area contributed by atoms with E-state index < -0.39 is 0 Å². The van der Waals surface area contributed by atoms with Gasteiger partial charge in [0.15, 0.2) is 5.65 Å². The summed E-state index contributed by atoms with van der Waals surface area (Å²) in [6.45, 7) is 8.75. The Kier molecular flexibility index (Phi) is 9.93. The average Bonchev–Trinajstić information content (AvgIpc) is 3.63. The van der Waals surface area contributed by atoms with Crippen LogP contribution < -0.4 is 11.1 Å². The number of piperazine rings is 1. The lowest BCUT2D eigenvalue weighted by atomic mass is 10.1. The number of carbonyl (C=O) groups is 2. The Morgan fingerprint density at radius 2 is 1.93 bits per heavy atom. The lowest BCUT2D eigenvalue weighted by Gasteiger charge is -2.34. The van der Waals surface area contributed by atoms with E-state index in [0.29, 0.717) is 48.7 Å². The van der Waals surface area contributed by atoms with Crippen LogP contribution in [0.3, 0.4) is 0 Å². The minimum absolute atomic E-state index is 0.0421. The van der Waals surface area contributed by atoms with Crippen molar-refractivity contribution < 1.29 is 14.3 Å². The van der Waals surface area contributed by atoms with Gasteiger partial charge in [0.05, 0.1) is 12.0 Å². The number of nitrogens with two attached hydrogens (primary N) is 1. The molecule has 13 nitrogen and oxygen atoms in total. The number of hydrogen-bond acceptors (Lipinski definition) is 9. The Balaban J connectivity index is 1.04. The predicted octanol–water partition coefficient (Wildman–Crippen LogP) is 2.20. The van der Waals surface area contributed by atoms with E-state index in [1.54, 1.807) is 6.20 Å². The van der Waals surface area contributed by atoms with Crippen LogP contribution >= 0.6 is 0 Å². The van der Waals surface area contributed by atoms with Crippen molar-refractivity contribution in [3.63, 3.8) is 0 Å². The Morgan fingerprint density at radius 1 is 1.07 bits per heavy atom. The molecule has 0 unspecified atom stereocenters. The summed E-state index contributed by atoms with van der Waals surface area (Å²) in [6.07, 6.45) is 8.06. The average molecular weight is 577 g/mol. The molecule has 1 aliphatic heterocycles. The van der Waals surface area contributed by atoms with Crippen molar-refractivity contribution in [2.75, 3.05) is 58.2 Å². The lowest BCUT2D eigenvalue weighted by Crippen LogP contribution is -2.49.